The summed E-state index contributed by atoms with van der Waals surface area (Å²) in [5, 5.41) is 3.62. The number of aromatic nitrogens is 2. The first-order chi connectivity index (χ1) is 12.6. The lowest BCUT2D eigenvalue weighted by Gasteiger charge is -2.01. The second-order valence-electron chi connectivity index (χ2n) is 5.95. The van der Waals surface area contributed by atoms with Gasteiger partial charge in [-0.15, -0.1) is 11.3 Å². The number of nitrogens with zero attached hydrogens (tertiary/aromatic N) is 2. The molecule has 0 fully saturated rings. The molecule has 0 saturated carbocycles. The average molecular weight is 427 g/mol. The molecular formula is C20H15BrN2O2S. The highest BCUT2D eigenvalue weighted by molar-refractivity contribution is 9.10. The first-order valence-corrected chi connectivity index (χ1v) is 9.96. The van der Waals surface area contributed by atoms with Crippen molar-refractivity contribution >= 4 is 38.2 Å². The van der Waals surface area contributed by atoms with Crippen LogP contribution in [0.2, 0.25) is 0 Å². The van der Waals surface area contributed by atoms with Crippen LogP contribution in [0.5, 0.6) is 0 Å². The predicted molar refractivity (Wildman–Crippen MR) is 109 cm³/mol. The van der Waals surface area contributed by atoms with Gasteiger partial charge in [0.25, 0.3) is 0 Å². The Labute approximate surface area is 162 Å². The molecule has 0 atom stereocenters. The highest BCUT2D eigenvalue weighted by Gasteiger charge is 2.13. The van der Waals surface area contributed by atoms with Gasteiger partial charge in [0.15, 0.2) is 0 Å². The van der Waals surface area contributed by atoms with Crippen LogP contribution in [0.15, 0.2) is 61.7 Å². The van der Waals surface area contributed by atoms with Gasteiger partial charge in [0.1, 0.15) is 10.6 Å². The van der Waals surface area contributed by atoms with E-state index in [1.807, 2.05) is 35.8 Å². The predicted octanol–water partition coefficient (Wildman–Crippen LogP) is 5.69. The van der Waals surface area contributed by atoms with Gasteiger partial charge in [0, 0.05) is 32.7 Å². The lowest BCUT2D eigenvalue weighted by molar-refractivity contribution is 0.563. The number of rotatable bonds is 4. The molecule has 1 aromatic carbocycles. The third-order valence-corrected chi connectivity index (χ3v) is 5.43. The Balaban J connectivity index is 1.76. The van der Waals surface area contributed by atoms with Gasteiger partial charge in [0.2, 0.25) is 0 Å². The Morgan fingerprint density at radius 2 is 2.08 bits per heavy atom. The van der Waals surface area contributed by atoms with E-state index in [9.17, 15) is 4.79 Å². The van der Waals surface area contributed by atoms with Crippen LogP contribution >= 0.6 is 27.3 Å². The van der Waals surface area contributed by atoms with Crippen LogP contribution in [0.4, 0.5) is 0 Å². The fourth-order valence-electron chi connectivity index (χ4n) is 2.81. The second-order valence-corrected chi connectivity index (χ2v) is 7.73. The number of thiazole rings is 1. The van der Waals surface area contributed by atoms with Crippen LogP contribution in [-0.2, 0) is 6.42 Å². The highest BCUT2D eigenvalue weighted by Crippen LogP contribution is 2.29. The number of halogens is 1. The van der Waals surface area contributed by atoms with Crippen molar-refractivity contribution in [1.82, 2.24) is 9.97 Å². The van der Waals surface area contributed by atoms with Crippen molar-refractivity contribution in [3.05, 3.63) is 68.6 Å². The minimum atomic E-state index is -0.377. The summed E-state index contributed by atoms with van der Waals surface area (Å²) in [6.07, 6.45) is 3.80. The van der Waals surface area contributed by atoms with Crippen LogP contribution in [0, 0.1) is 0 Å². The molecule has 0 bridgehead atoms. The van der Waals surface area contributed by atoms with Gasteiger partial charge in [-0.2, -0.15) is 0 Å². The molecule has 0 aliphatic heterocycles. The molecule has 0 spiro atoms. The molecule has 6 heteroatoms. The molecule has 3 aromatic heterocycles. The number of aryl methyl sites for hydroxylation is 1. The van der Waals surface area contributed by atoms with Gasteiger partial charge < -0.3 is 4.42 Å². The van der Waals surface area contributed by atoms with Crippen molar-refractivity contribution in [2.45, 2.75) is 19.8 Å². The third-order valence-electron chi connectivity index (χ3n) is 4.04. The standard InChI is InChI=1S/C20H15BrN2O2S/c1-2-3-15-9-12(6-7-22-15)19-23-17(11-26-19)16-10-13-8-14(21)4-5-18(13)25-20(16)24/h4-11H,2-3H2,1H3. The zero-order chi connectivity index (χ0) is 18.1. The molecule has 4 rings (SSSR count). The van der Waals surface area contributed by atoms with Gasteiger partial charge in [-0.3, -0.25) is 4.98 Å². The number of pyridine rings is 1. The quantitative estimate of drug-likeness (QED) is 0.393. The van der Waals surface area contributed by atoms with Gasteiger partial charge in [-0.25, -0.2) is 9.78 Å². The molecule has 0 N–H and O–H groups in total. The fourth-order valence-corrected chi connectivity index (χ4v) is 4.00. The van der Waals surface area contributed by atoms with E-state index in [2.05, 4.69) is 38.9 Å². The first kappa shape index (κ1) is 17.1. The Morgan fingerprint density at radius 1 is 1.19 bits per heavy atom. The largest absolute Gasteiger partial charge is 0.422 e. The van der Waals surface area contributed by atoms with E-state index >= 15 is 0 Å². The van der Waals surface area contributed by atoms with Crippen LogP contribution in [-0.4, -0.2) is 9.97 Å². The van der Waals surface area contributed by atoms with Gasteiger partial charge in [-0.1, -0.05) is 29.3 Å². The van der Waals surface area contributed by atoms with E-state index < -0.39 is 0 Å². The van der Waals surface area contributed by atoms with Gasteiger partial charge in [0.05, 0.1) is 11.3 Å². The van der Waals surface area contributed by atoms with E-state index in [0.29, 0.717) is 16.8 Å². The maximum absolute atomic E-state index is 12.4. The number of hydrogen-bond acceptors (Lipinski definition) is 5. The van der Waals surface area contributed by atoms with Crippen LogP contribution < -0.4 is 5.63 Å². The van der Waals surface area contributed by atoms with E-state index in [1.165, 1.54) is 11.3 Å². The zero-order valence-corrected chi connectivity index (χ0v) is 16.4. The maximum atomic E-state index is 12.4. The van der Waals surface area contributed by atoms with Gasteiger partial charge in [-0.05, 0) is 42.8 Å². The van der Waals surface area contributed by atoms with E-state index in [1.54, 1.807) is 6.07 Å². The fraction of sp³-hybridized carbons (Fsp3) is 0.150. The third kappa shape index (κ3) is 3.34. The van der Waals surface area contributed by atoms with Crippen LogP contribution in [0.3, 0.4) is 0 Å². The van der Waals surface area contributed by atoms with E-state index in [-0.39, 0.29) is 5.63 Å². The molecule has 4 nitrogen and oxygen atoms in total. The monoisotopic (exact) mass is 426 g/mol. The Hall–Kier alpha value is -2.31. The SMILES string of the molecule is CCCc1cc(-c2nc(-c3cc4cc(Br)ccc4oc3=O)cs2)ccn1. The van der Waals surface area contributed by atoms with Crippen molar-refractivity contribution in [3.63, 3.8) is 0 Å². The molecule has 26 heavy (non-hydrogen) atoms. The van der Waals surface area contributed by atoms with Crippen molar-refractivity contribution in [1.29, 1.82) is 0 Å². The molecule has 0 saturated heterocycles. The number of hydrogen-bond donors (Lipinski definition) is 0. The molecule has 0 aliphatic rings. The second kappa shape index (κ2) is 7.13. The van der Waals surface area contributed by atoms with Crippen LogP contribution in [0.1, 0.15) is 19.0 Å². The summed E-state index contributed by atoms with van der Waals surface area (Å²) >= 11 is 4.96. The van der Waals surface area contributed by atoms with Crippen molar-refractivity contribution < 1.29 is 4.42 Å². The topological polar surface area (TPSA) is 56.0 Å². The van der Waals surface area contributed by atoms with Crippen LogP contribution in [0.25, 0.3) is 32.8 Å². The molecule has 3 heterocycles. The molecule has 130 valence electrons. The Kier molecular flexibility index (Phi) is 4.70. The molecule has 0 radical (unpaired) electrons. The summed E-state index contributed by atoms with van der Waals surface area (Å²) in [7, 11) is 0. The zero-order valence-electron chi connectivity index (χ0n) is 14.0. The normalized spacial score (nSPS) is 11.2. The first-order valence-electron chi connectivity index (χ1n) is 8.28. The highest BCUT2D eigenvalue weighted by atomic mass is 79.9. The minimum Gasteiger partial charge on any atom is -0.422 e. The Bertz CT molecular complexity index is 1150. The molecule has 0 unspecified atom stereocenters. The summed E-state index contributed by atoms with van der Waals surface area (Å²) in [5.74, 6) is 0. The maximum Gasteiger partial charge on any atom is 0.345 e. The summed E-state index contributed by atoms with van der Waals surface area (Å²) in [6, 6.07) is 11.4. The van der Waals surface area contributed by atoms with Gasteiger partial charge >= 0.3 is 5.63 Å². The number of fused-ring (bicyclic) bond motifs is 1. The van der Waals surface area contributed by atoms with E-state index in [4.69, 9.17) is 4.42 Å². The average Bonchev–Trinajstić information content (AvgIpc) is 3.12. The van der Waals surface area contributed by atoms with Crippen molar-refractivity contribution in [3.8, 4) is 21.8 Å². The summed E-state index contributed by atoms with van der Waals surface area (Å²) in [4.78, 5) is 21.4. The summed E-state index contributed by atoms with van der Waals surface area (Å²) in [5.41, 5.74) is 3.37. The molecule has 0 amide bonds. The van der Waals surface area contributed by atoms with Crippen molar-refractivity contribution in [2.75, 3.05) is 0 Å². The van der Waals surface area contributed by atoms with Crippen molar-refractivity contribution in [2.24, 2.45) is 0 Å². The minimum absolute atomic E-state index is 0.377. The smallest absolute Gasteiger partial charge is 0.345 e. The summed E-state index contributed by atoms with van der Waals surface area (Å²) < 4.78 is 6.38. The Morgan fingerprint density at radius 3 is 2.92 bits per heavy atom. The lowest BCUT2D eigenvalue weighted by Crippen LogP contribution is -2.02. The molecule has 0 aliphatic carbocycles. The summed E-state index contributed by atoms with van der Waals surface area (Å²) in [6.45, 7) is 2.13. The molecule has 4 aromatic rings. The molecular weight excluding hydrogens is 412 g/mol. The lowest BCUT2D eigenvalue weighted by atomic mass is 10.1. The number of benzene rings is 1. The van der Waals surface area contributed by atoms with E-state index in [0.717, 1.165) is 39.0 Å².